The number of benzene rings is 2. The Balaban J connectivity index is 1.26. The summed E-state index contributed by atoms with van der Waals surface area (Å²) in [7, 11) is 0. The minimum atomic E-state index is 0.211. The molecule has 1 aliphatic rings. The van der Waals surface area contributed by atoms with Crippen molar-refractivity contribution in [2.45, 2.75) is 25.6 Å². The van der Waals surface area contributed by atoms with Gasteiger partial charge in [-0.25, -0.2) is 4.68 Å². The lowest BCUT2D eigenvalue weighted by atomic mass is 10.2. The Bertz CT molecular complexity index is 834. The summed E-state index contributed by atoms with van der Waals surface area (Å²) in [4.78, 5) is 2.50. The molecule has 2 aromatic carbocycles. The largest absolute Gasteiger partial charge is 0.376 e. The quantitative estimate of drug-likeness (QED) is 0.687. The molecule has 0 spiro atoms. The first-order chi connectivity index (χ1) is 13.9. The molecular formula is C23H28N4O. The average Bonchev–Trinajstić information content (AvgIpc) is 3.10. The summed E-state index contributed by atoms with van der Waals surface area (Å²) < 4.78 is 7.97. The number of rotatable bonds is 7. The molecule has 0 radical (unpaired) electrons. The van der Waals surface area contributed by atoms with Gasteiger partial charge in [0.1, 0.15) is 0 Å². The molecule has 0 saturated carbocycles. The Hall–Kier alpha value is -2.47. The molecule has 146 valence electrons. The van der Waals surface area contributed by atoms with Crippen molar-refractivity contribution in [1.82, 2.24) is 20.0 Å². The van der Waals surface area contributed by atoms with Crippen LogP contribution in [0.1, 0.15) is 17.7 Å². The molecule has 0 bridgehead atoms. The van der Waals surface area contributed by atoms with E-state index in [0.29, 0.717) is 0 Å². The van der Waals surface area contributed by atoms with Crippen molar-refractivity contribution in [3.63, 3.8) is 0 Å². The fraction of sp³-hybridized carbons (Fsp3) is 0.348. The molecule has 1 N–H and O–H groups in total. The number of nitrogens with zero attached hydrogens (tertiary/aromatic N) is 3. The van der Waals surface area contributed by atoms with E-state index in [4.69, 9.17) is 4.74 Å². The smallest absolute Gasteiger partial charge is 0.0826 e. The lowest BCUT2D eigenvalue weighted by Crippen LogP contribution is -2.37. The van der Waals surface area contributed by atoms with Gasteiger partial charge in [0.15, 0.2) is 0 Å². The molecule has 2 heterocycles. The molecule has 28 heavy (non-hydrogen) atoms. The van der Waals surface area contributed by atoms with Gasteiger partial charge in [-0.2, -0.15) is 5.10 Å². The molecule has 4 rings (SSSR count). The van der Waals surface area contributed by atoms with Crippen molar-refractivity contribution in [2.24, 2.45) is 0 Å². The second-order valence-corrected chi connectivity index (χ2v) is 7.29. The highest BCUT2D eigenvalue weighted by Crippen LogP contribution is 2.11. The summed E-state index contributed by atoms with van der Waals surface area (Å²) in [6, 6.07) is 22.9. The third-order valence-electron chi connectivity index (χ3n) is 5.03. The normalized spacial score (nSPS) is 18.1. The van der Waals surface area contributed by atoms with Gasteiger partial charge in [-0.05, 0) is 30.2 Å². The summed E-state index contributed by atoms with van der Waals surface area (Å²) in [5, 5.41) is 8.18. The van der Waals surface area contributed by atoms with Gasteiger partial charge in [-0.1, -0.05) is 48.5 Å². The molecule has 1 aliphatic heterocycles. The highest BCUT2D eigenvalue weighted by Gasteiger charge is 2.18. The van der Waals surface area contributed by atoms with Gasteiger partial charge in [0.25, 0.3) is 0 Å². The van der Waals surface area contributed by atoms with Gasteiger partial charge in [0, 0.05) is 45.5 Å². The van der Waals surface area contributed by atoms with E-state index in [2.05, 4.69) is 63.8 Å². The number of para-hydroxylation sites is 1. The third-order valence-corrected chi connectivity index (χ3v) is 5.03. The average molecular weight is 377 g/mol. The summed E-state index contributed by atoms with van der Waals surface area (Å²) >= 11 is 0. The van der Waals surface area contributed by atoms with Crippen LogP contribution in [-0.4, -0.2) is 47.0 Å². The van der Waals surface area contributed by atoms with Crippen molar-refractivity contribution in [3.05, 3.63) is 84.2 Å². The number of hydrogen-bond donors (Lipinski definition) is 1. The Morgan fingerprint density at radius 3 is 2.61 bits per heavy atom. The summed E-state index contributed by atoms with van der Waals surface area (Å²) in [5.74, 6) is 0. The SMILES string of the molecule is c1ccc(CN2CCCOC(CNCc3ccn(-c4ccccc4)n3)C2)cc1. The second kappa shape index (κ2) is 9.64. The zero-order valence-electron chi connectivity index (χ0n) is 16.2. The zero-order chi connectivity index (χ0) is 19.0. The predicted molar refractivity (Wildman–Crippen MR) is 111 cm³/mol. The molecule has 5 heteroatoms. The second-order valence-electron chi connectivity index (χ2n) is 7.29. The maximum Gasteiger partial charge on any atom is 0.0826 e. The third kappa shape index (κ3) is 5.29. The van der Waals surface area contributed by atoms with Crippen molar-refractivity contribution >= 4 is 0 Å². The standard InChI is InChI=1S/C23H28N4O/c1-3-8-20(9-4-1)18-26-13-7-15-28-23(19-26)17-24-16-21-12-14-27(25-21)22-10-5-2-6-11-22/h1-6,8-12,14,23-24H,7,13,15-19H2. The summed E-state index contributed by atoms with van der Waals surface area (Å²) in [6.45, 7) is 5.46. The van der Waals surface area contributed by atoms with Crippen LogP contribution in [-0.2, 0) is 17.8 Å². The van der Waals surface area contributed by atoms with Gasteiger partial charge in [-0.15, -0.1) is 0 Å². The molecule has 0 amide bonds. The van der Waals surface area contributed by atoms with Gasteiger partial charge in [-0.3, -0.25) is 4.90 Å². The molecule has 5 nitrogen and oxygen atoms in total. The first-order valence-electron chi connectivity index (χ1n) is 10.1. The monoisotopic (exact) mass is 376 g/mol. The summed E-state index contributed by atoms with van der Waals surface area (Å²) in [6.07, 6.45) is 3.31. The topological polar surface area (TPSA) is 42.3 Å². The van der Waals surface area contributed by atoms with Crippen molar-refractivity contribution in [1.29, 1.82) is 0 Å². The fourth-order valence-corrected chi connectivity index (χ4v) is 3.62. The Morgan fingerprint density at radius 2 is 1.79 bits per heavy atom. The first kappa shape index (κ1) is 18.9. The van der Waals surface area contributed by atoms with E-state index >= 15 is 0 Å². The summed E-state index contributed by atoms with van der Waals surface area (Å²) in [5.41, 5.74) is 3.48. The molecular weight excluding hydrogens is 348 g/mol. The van der Waals surface area contributed by atoms with Crippen LogP contribution >= 0.6 is 0 Å². The number of hydrogen-bond acceptors (Lipinski definition) is 4. The molecule has 1 saturated heterocycles. The van der Waals surface area contributed by atoms with Gasteiger partial charge in [0.2, 0.25) is 0 Å². The maximum atomic E-state index is 6.05. The highest BCUT2D eigenvalue weighted by molar-refractivity contribution is 5.30. The number of aromatic nitrogens is 2. The molecule has 0 aliphatic carbocycles. The van der Waals surface area contributed by atoms with Crippen LogP contribution in [0.4, 0.5) is 0 Å². The minimum Gasteiger partial charge on any atom is -0.376 e. The predicted octanol–water partition coefficient (Wildman–Crippen LogP) is 3.25. The van der Waals surface area contributed by atoms with Crippen LogP contribution in [0.3, 0.4) is 0 Å². The van der Waals surface area contributed by atoms with Crippen LogP contribution in [0.25, 0.3) is 5.69 Å². The minimum absolute atomic E-state index is 0.211. The van der Waals surface area contributed by atoms with Gasteiger partial charge in [0.05, 0.1) is 17.5 Å². The Morgan fingerprint density at radius 1 is 1.00 bits per heavy atom. The van der Waals surface area contributed by atoms with Crippen LogP contribution in [0.15, 0.2) is 72.9 Å². The van der Waals surface area contributed by atoms with E-state index in [1.54, 1.807) is 0 Å². The number of nitrogens with one attached hydrogen (secondary N) is 1. The Kier molecular flexibility index (Phi) is 6.50. The van der Waals surface area contributed by atoms with Crippen molar-refractivity contribution < 1.29 is 4.74 Å². The molecule has 3 aromatic rings. The zero-order valence-corrected chi connectivity index (χ0v) is 16.2. The van der Waals surface area contributed by atoms with E-state index in [1.165, 1.54) is 5.56 Å². The van der Waals surface area contributed by atoms with Crippen molar-refractivity contribution in [3.8, 4) is 5.69 Å². The molecule has 1 aromatic heterocycles. The maximum absolute atomic E-state index is 6.05. The number of ether oxygens (including phenoxy) is 1. The first-order valence-corrected chi connectivity index (χ1v) is 10.1. The highest BCUT2D eigenvalue weighted by atomic mass is 16.5. The lowest BCUT2D eigenvalue weighted by Gasteiger charge is -2.24. The van der Waals surface area contributed by atoms with Crippen LogP contribution in [0.2, 0.25) is 0 Å². The van der Waals surface area contributed by atoms with E-state index in [-0.39, 0.29) is 6.10 Å². The van der Waals surface area contributed by atoms with Gasteiger partial charge >= 0.3 is 0 Å². The van der Waals surface area contributed by atoms with Crippen molar-refractivity contribution in [2.75, 3.05) is 26.2 Å². The van der Waals surface area contributed by atoms with E-state index in [0.717, 1.165) is 57.1 Å². The van der Waals surface area contributed by atoms with Crippen LogP contribution < -0.4 is 5.32 Å². The van der Waals surface area contributed by atoms with E-state index in [9.17, 15) is 0 Å². The van der Waals surface area contributed by atoms with E-state index < -0.39 is 0 Å². The molecule has 1 unspecified atom stereocenters. The molecule has 1 fully saturated rings. The fourth-order valence-electron chi connectivity index (χ4n) is 3.62. The van der Waals surface area contributed by atoms with Gasteiger partial charge < -0.3 is 10.1 Å². The van der Waals surface area contributed by atoms with Crippen LogP contribution in [0.5, 0.6) is 0 Å². The van der Waals surface area contributed by atoms with E-state index in [1.807, 2.05) is 29.1 Å². The van der Waals surface area contributed by atoms with Crippen LogP contribution in [0, 0.1) is 0 Å². The lowest BCUT2D eigenvalue weighted by molar-refractivity contribution is 0.0532. The molecule has 1 atom stereocenters. The Labute approximate surface area is 166 Å².